The Morgan fingerprint density at radius 1 is 0.667 bits per heavy atom. The fourth-order valence-electron chi connectivity index (χ4n) is 12.8. The largest absolute Gasteiger partial charge is 0.393 e. The van der Waals surface area contributed by atoms with E-state index in [4.69, 9.17) is 9.47 Å². The van der Waals surface area contributed by atoms with Crippen LogP contribution in [0.2, 0.25) is 0 Å². The molecule has 6 aliphatic carbocycles. The van der Waals surface area contributed by atoms with Crippen LogP contribution in [0.3, 0.4) is 0 Å². The van der Waals surface area contributed by atoms with Gasteiger partial charge in [0.2, 0.25) is 0 Å². The lowest BCUT2D eigenvalue weighted by Gasteiger charge is -2.44. The molecule has 12 atom stereocenters. The molecule has 0 spiro atoms. The molecular formula is C54H88O10S2. The molecule has 0 saturated heterocycles. The summed E-state index contributed by atoms with van der Waals surface area (Å²) in [5.74, 6) is 2.43. The van der Waals surface area contributed by atoms with Crippen molar-refractivity contribution in [3.05, 3.63) is 70.9 Å². The summed E-state index contributed by atoms with van der Waals surface area (Å²) in [4.78, 5) is 0. The van der Waals surface area contributed by atoms with Crippen LogP contribution < -0.4 is 0 Å². The van der Waals surface area contributed by atoms with Crippen molar-refractivity contribution >= 4 is 19.7 Å². The van der Waals surface area contributed by atoms with Crippen molar-refractivity contribution in [1.29, 1.82) is 0 Å². The Bertz CT molecular complexity index is 2040. The van der Waals surface area contributed by atoms with Gasteiger partial charge in [0.1, 0.15) is 9.84 Å². The highest BCUT2D eigenvalue weighted by molar-refractivity contribution is 7.92. The van der Waals surface area contributed by atoms with Gasteiger partial charge < -0.3 is 29.9 Å². The molecule has 0 heterocycles. The van der Waals surface area contributed by atoms with Crippen LogP contribution >= 0.6 is 0 Å². The number of allylic oxidation sites excluding steroid dienone is 6. The van der Waals surface area contributed by atoms with Gasteiger partial charge in [-0.2, -0.15) is 0 Å². The highest BCUT2D eigenvalue weighted by atomic mass is 32.2. The summed E-state index contributed by atoms with van der Waals surface area (Å²) in [5, 5.41) is 40.3. The predicted octanol–water partition coefficient (Wildman–Crippen LogP) is 9.49. The molecule has 0 bridgehead atoms. The number of rotatable bonds is 15. The Morgan fingerprint density at radius 2 is 1.09 bits per heavy atom. The lowest BCUT2D eigenvalue weighted by molar-refractivity contribution is -0.0257. The molecule has 0 amide bonds. The number of aliphatic hydroxyl groups excluding tert-OH is 4. The van der Waals surface area contributed by atoms with E-state index in [-0.39, 0.29) is 34.5 Å². The van der Waals surface area contributed by atoms with Gasteiger partial charge >= 0.3 is 0 Å². The van der Waals surface area contributed by atoms with E-state index >= 15 is 0 Å². The zero-order valence-corrected chi connectivity index (χ0v) is 43.5. The van der Waals surface area contributed by atoms with Crippen LogP contribution in [0.15, 0.2) is 70.9 Å². The van der Waals surface area contributed by atoms with E-state index in [2.05, 4.69) is 65.2 Å². The first-order chi connectivity index (χ1) is 30.8. The third-order valence-corrected chi connectivity index (χ3v) is 20.6. The van der Waals surface area contributed by atoms with Gasteiger partial charge in [-0.1, -0.05) is 62.5 Å². The Balaban J connectivity index is 0.000000249. The minimum Gasteiger partial charge on any atom is -0.393 e. The molecule has 66 heavy (non-hydrogen) atoms. The van der Waals surface area contributed by atoms with Crippen LogP contribution in [0.5, 0.6) is 0 Å². The molecule has 0 aromatic heterocycles. The van der Waals surface area contributed by atoms with Crippen LogP contribution in [0.4, 0.5) is 0 Å². The monoisotopic (exact) mass is 961 g/mol. The second-order valence-electron chi connectivity index (χ2n) is 22.6. The summed E-state index contributed by atoms with van der Waals surface area (Å²) >= 11 is 0. The standard InChI is InChI=1S/C29H48O5S.C25H40O5S/c1-20-23(18-24(30)19-27(20)31)12-11-22-10-9-15-29(6)25(13-14-26(22)29)21(2)34-16-7-8-17-35(32,33)28(3,4)5;1-17-20(15-21(26)16-24(17)27)9-8-19-7-5-12-25(3)22(10-11-23(19)25)18(2)30-13-6-14-31(4,28)29/h11-12,21,24-27,30-31H,1,7-10,13-19H2,2-6H3;8-9,18,21-24,26-27H,1,5-7,10-16H2,2-4H3/b22-11+,23-12-;19-8+,20-9-/t21-,24?,25-,26+,27?,29-;18-,21?,22-,23+,24?,25-/m11/s1. The maximum Gasteiger partial charge on any atom is 0.155 e. The fraction of sp³-hybridized carbons (Fsp3) is 0.778. The highest BCUT2D eigenvalue weighted by Gasteiger charge is 2.52. The van der Waals surface area contributed by atoms with Gasteiger partial charge in [-0.25, -0.2) is 16.8 Å². The first-order valence-corrected chi connectivity index (χ1v) is 29.0. The molecule has 6 fully saturated rings. The van der Waals surface area contributed by atoms with E-state index in [0.29, 0.717) is 75.4 Å². The van der Waals surface area contributed by atoms with Gasteiger partial charge in [-0.15, -0.1) is 0 Å². The van der Waals surface area contributed by atoms with Gasteiger partial charge in [0.25, 0.3) is 0 Å². The van der Waals surface area contributed by atoms with Crippen molar-refractivity contribution in [3.8, 4) is 0 Å². The van der Waals surface area contributed by atoms with Crippen LogP contribution in [-0.4, -0.2) is 110 Å². The molecule has 10 nitrogen and oxygen atoms in total. The molecular weight excluding hydrogens is 873 g/mol. The van der Waals surface area contributed by atoms with Gasteiger partial charge in [-0.05, 0) is 188 Å². The van der Waals surface area contributed by atoms with E-state index < -0.39 is 48.8 Å². The average Bonchev–Trinajstić information content (AvgIpc) is 3.77. The van der Waals surface area contributed by atoms with Gasteiger partial charge in [0.15, 0.2) is 9.84 Å². The first-order valence-electron chi connectivity index (χ1n) is 25.3. The summed E-state index contributed by atoms with van der Waals surface area (Å²) in [6.45, 7) is 23.6. The second kappa shape index (κ2) is 22.9. The summed E-state index contributed by atoms with van der Waals surface area (Å²) in [6, 6.07) is 0. The lowest BCUT2D eigenvalue weighted by atomic mass is 9.62. The normalized spacial score (nSPS) is 36.6. The number of sulfone groups is 2. The maximum atomic E-state index is 12.3. The third-order valence-electron chi connectivity index (χ3n) is 16.9. The number of hydrogen-bond acceptors (Lipinski definition) is 10. The number of hydrogen-bond donors (Lipinski definition) is 4. The number of aliphatic hydroxyl groups is 4. The summed E-state index contributed by atoms with van der Waals surface area (Å²) in [5.41, 5.74) is 6.76. The molecule has 0 aromatic rings. The van der Waals surface area contributed by atoms with E-state index in [1.165, 1.54) is 43.1 Å². The molecule has 376 valence electrons. The summed E-state index contributed by atoms with van der Waals surface area (Å²) < 4.78 is 59.0. The van der Waals surface area contributed by atoms with E-state index in [0.717, 1.165) is 67.2 Å². The summed E-state index contributed by atoms with van der Waals surface area (Å²) in [7, 11) is -6.01. The van der Waals surface area contributed by atoms with Crippen LogP contribution in [0, 0.1) is 34.5 Å². The first kappa shape index (κ1) is 55.0. The lowest BCUT2D eigenvalue weighted by Crippen LogP contribution is -2.38. The van der Waals surface area contributed by atoms with Gasteiger partial charge in [-0.3, -0.25) is 0 Å². The molecule has 6 rings (SSSR count). The SMILES string of the molecule is C=C1/C(=C\C=C2/CCC[C@]3(C)[C@@H]([C@@H](C)OCCCCS(=O)(=O)C(C)(C)C)CC[C@@H]23)CC(O)CC1O.C=C1/C(=C\C=C2/CCC[C@]3(C)[C@@H]([C@@H](C)OCCCS(C)(=O)=O)CC[C@@H]23)CC(O)CC1O. The van der Waals surface area contributed by atoms with Crippen LogP contribution in [-0.2, 0) is 29.1 Å². The topological polar surface area (TPSA) is 168 Å². The van der Waals surface area contributed by atoms with Gasteiger partial charge in [0, 0.05) is 32.3 Å². The smallest absolute Gasteiger partial charge is 0.155 e. The number of fused-ring (bicyclic) bond motifs is 2. The molecule has 0 radical (unpaired) electrons. The Labute approximate surface area is 400 Å². The van der Waals surface area contributed by atoms with Crippen molar-refractivity contribution in [3.63, 3.8) is 0 Å². The number of ether oxygens (including phenoxy) is 2. The van der Waals surface area contributed by atoms with Crippen LogP contribution in [0.25, 0.3) is 0 Å². The quantitative estimate of drug-likeness (QED) is 0.116. The number of unbranched alkanes of at least 4 members (excludes halogenated alkanes) is 1. The molecule has 0 aromatic carbocycles. The Hall–Kier alpha value is -1.90. The van der Waals surface area contributed by atoms with Crippen molar-refractivity contribution in [2.45, 2.75) is 199 Å². The molecule has 0 aliphatic heterocycles. The third kappa shape index (κ3) is 13.7. The minimum absolute atomic E-state index is 0.121. The second-order valence-corrected chi connectivity index (χ2v) is 27.7. The van der Waals surface area contributed by atoms with Crippen molar-refractivity contribution < 1.29 is 46.7 Å². The summed E-state index contributed by atoms with van der Waals surface area (Å²) in [6.07, 6.45) is 23.3. The molecule has 4 N–H and O–H groups in total. The molecule has 6 aliphatic rings. The highest BCUT2D eigenvalue weighted by Crippen LogP contribution is 2.60. The average molecular weight is 961 g/mol. The Morgan fingerprint density at radius 3 is 1.50 bits per heavy atom. The minimum atomic E-state index is -3.07. The van der Waals surface area contributed by atoms with Gasteiger partial charge in [0.05, 0.1) is 52.9 Å². The van der Waals surface area contributed by atoms with Crippen molar-refractivity contribution in [2.75, 3.05) is 31.0 Å². The molecule has 12 heteroatoms. The zero-order valence-electron chi connectivity index (χ0n) is 41.9. The fourth-order valence-corrected chi connectivity index (χ4v) is 14.7. The zero-order chi connectivity index (χ0) is 48.8. The van der Waals surface area contributed by atoms with E-state index in [1.807, 2.05) is 0 Å². The van der Waals surface area contributed by atoms with Crippen molar-refractivity contribution in [2.24, 2.45) is 34.5 Å². The Kier molecular flexibility index (Phi) is 19.1. The maximum absolute atomic E-state index is 12.3. The van der Waals surface area contributed by atoms with Crippen LogP contribution in [0.1, 0.15) is 158 Å². The predicted molar refractivity (Wildman–Crippen MR) is 267 cm³/mol. The van der Waals surface area contributed by atoms with E-state index in [1.54, 1.807) is 20.8 Å². The molecule has 6 saturated carbocycles. The van der Waals surface area contributed by atoms with E-state index in [9.17, 15) is 37.3 Å². The van der Waals surface area contributed by atoms with Crippen molar-refractivity contribution in [1.82, 2.24) is 0 Å². The molecule has 4 unspecified atom stereocenters.